The molecule has 0 atom stereocenters. The molecular formula is C16H18ClN5S. The van der Waals surface area contributed by atoms with Crippen molar-refractivity contribution < 1.29 is 0 Å². The van der Waals surface area contributed by atoms with Crippen molar-refractivity contribution in [3.63, 3.8) is 0 Å². The van der Waals surface area contributed by atoms with Crippen LogP contribution >= 0.6 is 22.9 Å². The van der Waals surface area contributed by atoms with Crippen molar-refractivity contribution in [2.45, 2.75) is 13.5 Å². The fourth-order valence-corrected chi connectivity index (χ4v) is 4.18. The largest absolute Gasteiger partial charge is 0.353 e. The molecule has 120 valence electrons. The molecule has 0 aromatic carbocycles. The van der Waals surface area contributed by atoms with Crippen LogP contribution in [0.2, 0.25) is 4.34 Å². The molecule has 1 fully saturated rings. The molecule has 4 rings (SSSR count). The summed E-state index contributed by atoms with van der Waals surface area (Å²) in [4.78, 5) is 18.5. The second kappa shape index (κ2) is 6.11. The Balaban J connectivity index is 1.47. The molecule has 0 amide bonds. The maximum atomic E-state index is 6.02. The molecule has 0 bridgehead atoms. The average molecular weight is 348 g/mol. The van der Waals surface area contributed by atoms with Crippen LogP contribution in [0.5, 0.6) is 0 Å². The zero-order chi connectivity index (χ0) is 15.8. The van der Waals surface area contributed by atoms with Gasteiger partial charge in [0, 0.05) is 43.8 Å². The van der Waals surface area contributed by atoms with Crippen molar-refractivity contribution in [1.82, 2.24) is 19.9 Å². The number of rotatable bonds is 3. The van der Waals surface area contributed by atoms with E-state index in [1.54, 1.807) is 11.3 Å². The Morgan fingerprint density at radius 2 is 2.00 bits per heavy atom. The summed E-state index contributed by atoms with van der Waals surface area (Å²) >= 11 is 7.68. The number of aromatic amines is 1. The van der Waals surface area contributed by atoms with Gasteiger partial charge in [0.25, 0.3) is 0 Å². The lowest BCUT2D eigenvalue weighted by atomic mass is 10.2. The van der Waals surface area contributed by atoms with Gasteiger partial charge in [0.2, 0.25) is 0 Å². The van der Waals surface area contributed by atoms with Crippen LogP contribution in [-0.2, 0) is 6.54 Å². The van der Waals surface area contributed by atoms with E-state index in [-0.39, 0.29) is 0 Å². The molecule has 0 radical (unpaired) electrons. The number of thiophene rings is 1. The molecule has 7 heteroatoms. The molecule has 4 heterocycles. The summed E-state index contributed by atoms with van der Waals surface area (Å²) in [6.45, 7) is 6.95. The van der Waals surface area contributed by atoms with Crippen molar-refractivity contribution in [2.75, 3.05) is 31.1 Å². The number of hydrogen-bond acceptors (Lipinski definition) is 5. The number of aromatic nitrogens is 3. The number of nitrogens with one attached hydrogen (secondary N) is 1. The number of aryl methyl sites for hydroxylation is 1. The number of halogens is 1. The van der Waals surface area contributed by atoms with E-state index in [4.69, 9.17) is 11.6 Å². The second-order valence-electron chi connectivity index (χ2n) is 5.80. The topological polar surface area (TPSA) is 48.1 Å². The van der Waals surface area contributed by atoms with E-state index in [1.165, 1.54) is 4.88 Å². The molecule has 0 aliphatic carbocycles. The standard InChI is InChI=1S/C16H18ClN5S/c1-11-19-15-13(4-5-18-15)16(20-11)22-8-6-21(7-9-22)10-12-2-3-14(17)23-12/h2-5H,6-10H2,1H3,(H,18,19,20). The lowest BCUT2D eigenvalue weighted by Gasteiger charge is -2.35. The monoisotopic (exact) mass is 347 g/mol. The number of hydrogen-bond donors (Lipinski definition) is 1. The van der Waals surface area contributed by atoms with Crippen molar-refractivity contribution in [3.8, 4) is 0 Å². The van der Waals surface area contributed by atoms with Crippen molar-refractivity contribution in [2.24, 2.45) is 0 Å². The number of anilines is 1. The summed E-state index contributed by atoms with van der Waals surface area (Å²) in [5.74, 6) is 1.86. The molecule has 0 spiro atoms. The van der Waals surface area contributed by atoms with Gasteiger partial charge in [-0.2, -0.15) is 0 Å². The molecule has 0 unspecified atom stereocenters. The molecule has 0 saturated carbocycles. The summed E-state index contributed by atoms with van der Waals surface area (Å²) in [6.07, 6.45) is 1.93. The minimum absolute atomic E-state index is 0.811. The summed E-state index contributed by atoms with van der Waals surface area (Å²) < 4.78 is 0.866. The molecule has 23 heavy (non-hydrogen) atoms. The molecule has 1 aliphatic rings. The van der Waals surface area contributed by atoms with Crippen LogP contribution in [-0.4, -0.2) is 46.0 Å². The zero-order valence-electron chi connectivity index (χ0n) is 12.9. The van der Waals surface area contributed by atoms with E-state index in [0.29, 0.717) is 0 Å². The van der Waals surface area contributed by atoms with Gasteiger partial charge in [-0.05, 0) is 25.1 Å². The molecular weight excluding hydrogens is 330 g/mol. The van der Waals surface area contributed by atoms with Gasteiger partial charge < -0.3 is 9.88 Å². The maximum absolute atomic E-state index is 6.02. The van der Waals surface area contributed by atoms with E-state index >= 15 is 0 Å². The number of piperazine rings is 1. The van der Waals surface area contributed by atoms with E-state index in [2.05, 4.69) is 36.9 Å². The Morgan fingerprint density at radius 1 is 1.17 bits per heavy atom. The van der Waals surface area contributed by atoms with Gasteiger partial charge in [-0.25, -0.2) is 9.97 Å². The lowest BCUT2D eigenvalue weighted by molar-refractivity contribution is 0.251. The van der Waals surface area contributed by atoms with Gasteiger partial charge in [-0.3, -0.25) is 4.90 Å². The Kier molecular flexibility index (Phi) is 3.97. The van der Waals surface area contributed by atoms with Gasteiger partial charge >= 0.3 is 0 Å². The Hall–Kier alpha value is -1.63. The van der Waals surface area contributed by atoms with Crippen LogP contribution in [0.4, 0.5) is 5.82 Å². The van der Waals surface area contributed by atoms with Crippen molar-refractivity contribution in [3.05, 3.63) is 39.4 Å². The number of H-pyrrole nitrogens is 1. The zero-order valence-corrected chi connectivity index (χ0v) is 14.5. The Morgan fingerprint density at radius 3 is 2.74 bits per heavy atom. The average Bonchev–Trinajstić information content (AvgIpc) is 3.16. The fourth-order valence-electron chi connectivity index (χ4n) is 3.05. The van der Waals surface area contributed by atoms with Gasteiger partial charge in [0.15, 0.2) is 0 Å². The highest BCUT2D eigenvalue weighted by atomic mass is 35.5. The maximum Gasteiger partial charge on any atom is 0.143 e. The van der Waals surface area contributed by atoms with Gasteiger partial charge in [0.1, 0.15) is 17.3 Å². The van der Waals surface area contributed by atoms with E-state index in [9.17, 15) is 0 Å². The highest BCUT2D eigenvalue weighted by Crippen LogP contribution is 2.26. The second-order valence-corrected chi connectivity index (χ2v) is 7.60. The van der Waals surface area contributed by atoms with Crippen LogP contribution < -0.4 is 4.90 Å². The SMILES string of the molecule is Cc1nc(N2CCN(Cc3ccc(Cl)s3)CC2)c2cc[nH]c2n1. The van der Waals surface area contributed by atoms with Gasteiger partial charge in [-0.1, -0.05) is 11.6 Å². The van der Waals surface area contributed by atoms with E-state index < -0.39 is 0 Å². The predicted molar refractivity (Wildman–Crippen MR) is 95.4 cm³/mol. The number of nitrogens with zero attached hydrogens (tertiary/aromatic N) is 4. The van der Waals surface area contributed by atoms with Crippen molar-refractivity contribution in [1.29, 1.82) is 0 Å². The summed E-state index contributed by atoms with van der Waals surface area (Å²) in [5, 5.41) is 1.11. The van der Waals surface area contributed by atoms with Crippen LogP contribution in [0.15, 0.2) is 24.4 Å². The predicted octanol–water partition coefficient (Wildman–Crippen LogP) is 3.30. The van der Waals surface area contributed by atoms with Crippen molar-refractivity contribution >= 4 is 39.8 Å². The van der Waals surface area contributed by atoms with E-state index in [0.717, 1.165) is 59.7 Å². The number of fused-ring (bicyclic) bond motifs is 1. The molecule has 3 aromatic heterocycles. The quantitative estimate of drug-likeness (QED) is 0.789. The third-order valence-electron chi connectivity index (χ3n) is 4.19. The Labute approximate surface area is 143 Å². The van der Waals surface area contributed by atoms with Crippen LogP contribution in [0.3, 0.4) is 0 Å². The molecule has 5 nitrogen and oxygen atoms in total. The fraction of sp³-hybridized carbons (Fsp3) is 0.375. The van der Waals surface area contributed by atoms with Gasteiger partial charge in [0.05, 0.1) is 9.72 Å². The molecule has 1 aliphatic heterocycles. The third-order valence-corrected chi connectivity index (χ3v) is 5.40. The van der Waals surface area contributed by atoms with Crippen LogP contribution in [0.1, 0.15) is 10.7 Å². The third kappa shape index (κ3) is 3.06. The highest BCUT2D eigenvalue weighted by molar-refractivity contribution is 7.16. The first-order valence-electron chi connectivity index (χ1n) is 7.72. The summed E-state index contributed by atoms with van der Waals surface area (Å²) in [5.41, 5.74) is 0.920. The minimum atomic E-state index is 0.811. The van der Waals surface area contributed by atoms with Crippen LogP contribution in [0, 0.1) is 6.92 Å². The van der Waals surface area contributed by atoms with Gasteiger partial charge in [-0.15, -0.1) is 11.3 Å². The molecule has 3 aromatic rings. The minimum Gasteiger partial charge on any atom is -0.353 e. The smallest absolute Gasteiger partial charge is 0.143 e. The Bertz CT molecular complexity index is 819. The summed E-state index contributed by atoms with van der Waals surface area (Å²) in [7, 11) is 0. The first-order valence-corrected chi connectivity index (χ1v) is 8.92. The van der Waals surface area contributed by atoms with Crippen LogP contribution in [0.25, 0.3) is 11.0 Å². The molecule has 1 N–H and O–H groups in total. The highest BCUT2D eigenvalue weighted by Gasteiger charge is 2.21. The first-order chi connectivity index (χ1) is 11.2. The first kappa shape index (κ1) is 14.9. The molecule has 1 saturated heterocycles. The lowest BCUT2D eigenvalue weighted by Crippen LogP contribution is -2.46. The summed E-state index contributed by atoms with van der Waals surface area (Å²) in [6, 6.07) is 6.16. The van der Waals surface area contributed by atoms with E-state index in [1.807, 2.05) is 19.2 Å². The normalized spacial score (nSPS) is 16.3.